The molecule has 0 fully saturated rings. The minimum absolute atomic E-state index is 0.552. The lowest BCUT2D eigenvalue weighted by Crippen LogP contribution is -1.83. The zero-order valence-electron chi connectivity index (χ0n) is 10.0. The fourth-order valence-corrected chi connectivity index (χ4v) is 1.94. The van der Waals surface area contributed by atoms with Crippen molar-refractivity contribution >= 4 is 21.6 Å². The van der Waals surface area contributed by atoms with Crippen molar-refractivity contribution in [3.05, 3.63) is 74.6 Å². The van der Waals surface area contributed by atoms with E-state index in [1.807, 2.05) is 42.5 Å². The lowest BCUT2D eigenvalue weighted by atomic mass is 10.1. The van der Waals surface area contributed by atoms with Crippen LogP contribution in [0.1, 0.15) is 11.1 Å². The van der Waals surface area contributed by atoms with Crippen LogP contribution in [0.5, 0.6) is 0 Å². The third-order valence-electron chi connectivity index (χ3n) is 2.49. The highest BCUT2D eigenvalue weighted by Crippen LogP contribution is 2.24. The Bertz CT molecular complexity index is 678. The number of hydrogen-bond donors (Lipinski definition) is 0. The Balaban J connectivity index is 2.21. The molecule has 0 aromatic heterocycles. The normalized spacial score (nSPS) is 9.11. The van der Waals surface area contributed by atoms with Crippen molar-refractivity contribution in [3.8, 4) is 11.8 Å². The summed E-state index contributed by atoms with van der Waals surface area (Å²) in [5, 5.41) is 3.68. The first kappa shape index (κ1) is 13.2. The molecule has 0 N–H and O–H groups in total. The topological polar surface area (TPSA) is 48.8 Å². The van der Waals surface area contributed by atoms with E-state index in [0.717, 1.165) is 15.6 Å². The second kappa shape index (κ2) is 6.65. The molecule has 2 rings (SSSR count). The van der Waals surface area contributed by atoms with Gasteiger partial charge < -0.3 is 0 Å². The highest BCUT2D eigenvalue weighted by atomic mass is 79.9. The molecule has 0 bridgehead atoms. The standard InChI is InChI=1S/C15H10BrN3/c16-14-10-9-13(15(11-14)18-19-17)8-4-7-12-5-2-1-3-6-12/h1-3,5-6,9-11H,8H2. The van der Waals surface area contributed by atoms with Crippen molar-refractivity contribution in [2.24, 2.45) is 5.11 Å². The number of halogens is 1. The smallest absolute Gasteiger partial charge is 0.0428 e. The van der Waals surface area contributed by atoms with E-state index in [4.69, 9.17) is 5.53 Å². The van der Waals surface area contributed by atoms with Crippen LogP contribution in [0.4, 0.5) is 5.69 Å². The fraction of sp³-hybridized carbons (Fsp3) is 0.0667. The van der Waals surface area contributed by atoms with Crippen molar-refractivity contribution < 1.29 is 0 Å². The molecule has 2 aromatic rings. The molecule has 0 radical (unpaired) electrons. The minimum Gasteiger partial charge on any atom is -0.0931 e. The molecule has 4 heteroatoms. The highest BCUT2D eigenvalue weighted by Gasteiger charge is 1.99. The molecule has 19 heavy (non-hydrogen) atoms. The van der Waals surface area contributed by atoms with Gasteiger partial charge in [-0.2, -0.15) is 0 Å². The molecule has 0 aliphatic rings. The molecule has 0 unspecified atom stereocenters. The summed E-state index contributed by atoms with van der Waals surface area (Å²) in [6, 6.07) is 15.4. The molecule has 0 amide bonds. The lowest BCUT2D eigenvalue weighted by Gasteiger charge is -2.01. The summed E-state index contributed by atoms with van der Waals surface area (Å²) >= 11 is 3.35. The second-order valence-corrected chi connectivity index (χ2v) is 4.72. The summed E-state index contributed by atoms with van der Waals surface area (Å²) in [6.45, 7) is 0. The van der Waals surface area contributed by atoms with Crippen molar-refractivity contribution in [1.82, 2.24) is 0 Å². The Morgan fingerprint density at radius 2 is 1.95 bits per heavy atom. The van der Waals surface area contributed by atoms with Gasteiger partial charge in [0.15, 0.2) is 0 Å². The third kappa shape index (κ3) is 3.89. The molecule has 92 valence electrons. The lowest BCUT2D eigenvalue weighted by molar-refractivity contribution is 1.27. The number of benzene rings is 2. The van der Waals surface area contributed by atoms with E-state index in [-0.39, 0.29) is 0 Å². The molecule has 0 aliphatic heterocycles. The van der Waals surface area contributed by atoms with Crippen LogP contribution < -0.4 is 0 Å². The Kier molecular flexibility index (Phi) is 4.63. The van der Waals surface area contributed by atoms with Crippen molar-refractivity contribution in [3.63, 3.8) is 0 Å². The summed E-state index contributed by atoms with van der Waals surface area (Å²) in [4.78, 5) is 2.83. The van der Waals surface area contributed by atoms with Crippen LogP contribution in [0.15, 0.2) is 58.1 Å². The number of nitrogens with zero attached hydrogens (tertiary/aromatic N) is 3. The first-order valence-corrected chi connectivity index (χ1v) is 6.46. The van der Waals surface area contributed by atoms with Gasteiger partial charge in [0, 0.05) is 27.1 Å². The number of hydrogen-bond acceptors (Lipinski definition) is 1. The summed E-state index contributed by atoms with van der Waals surface area (Å²) < 4.78 is 0.884. The summed E-state index contributed by atoms with van der Waals surface area (Å²) in [5.41, 5.74) is 11.1. The monoisotopic (exact) mass is 311 g/mol. The third-order valence-corrected chi connectivity index (χ3v) is 2.98. The van der Waals surface area contributed by atoms with Crippen molar-refractivity contribution in [1.29, 1.82) is 0 Å². The molecule has 0 atom stereocenters. The van der Waals surface area contributed by atoms with Crippen LogP contribution in [-0.4, -0.2) is 0 Å². The molecule has 0 spiro atoms. The first-order valence-electron chi connectivity index (χ1n) is 5.67. The summed E-state index contributed by atoms with van der Waals surface area (Å²) in [7, 11) is 0. The molecule has 0 heterocycles. The maximum atomic E-state index is 8.55. The van der Waals surface area contributed by atoms with E-state index >= 15 is 0 Å². The van der Waals surface area contributed by atoms with Gasteiger partial charge in [-0.05, 0) is 35.4 Å². The van der Waals surface area contributed by atoms with Gasteiger partial charge in [0.1, 0.15) is 0 Å². The SMILES string of the molecule is [N-]=[N+]=Nc1cc(Br)ccc1CC#Cc1ccccc1. The van der Waals surface area contributed by atoms with Gasteiger partial charge in [0.05, 0.1) is 0 Å². The quantitative estimate of drug-likeness (QED) is 0.325. The fourth-order valence-electron chi connectivity index (χ4n) is 1.59. The van der Waals surface area contributed by atoms with Gasteiger partial charge in [0.25, 0.3) is 0 Å². The van der Waals surface area contributed by atoms with Crippen LogP contribution >= 0.6 is 15.9 Å². The molecule has 0 saturated heterocycles. The average Bonchev–Trinajstić information content (AvgIpc) is 2.43. The Labute approximate surface area is 120 Å². The van der Waals surface area contributed by atoms with Gasteiger partial charge in [-0.3, -0.25) is 0 Å². The predicted molar refractivity (Wildman–Crippen MR) is 80.0 cm³/mol. The predicted octanol–water partition coefficient (Wildman–Crippen LogP) is 4.99. The Morgan fingerprint density at radius 3 is 2.68 bits per heavy atom. The average molecular weight is 312 g/mol. The van der Waals surface area contributed by atoms with Crippen LogP contribution in [0.2, 0.25) is 0 Å². The zero-order chi connectivity index (χ0) is 13.5. The van der Waals surface area contributed by atoms with E-state index in [2.05, 4.69) is 37.8 Å². The van der Waals surface area contributed by atoms with Gasteiger partial charge in [-0.25, -0.2) is 0 Å². The van der Waals surface area contributed by atoms with Crippen molar-refractivity contribution in [2.45, 2.75) is 6.42 Å². The molecular weight excluding hydrogens is 302 g/mol. The summed E-state index contributed by atoms with van der Waals surface area (Å²) in [5.74, 6) is 6.17. The second-order valence-electron chi connectivity index (χ2n) is 3.81. The first-order chi connectivity index (χ1) is 9.29. The van der Waals surface area contributed by atoms with E-state index < -0.39 is 0 Å². The minimum atomic E-state index is 0.552. The summed E-state index contributed by atoms with van der Waals surface area (Å²) in [6.07, 6.45) is 0.552. The largest absolute Gasteiger partial charge is 0.0931 e. The highest BCUT2D eigenvalue weighted by molar-refractivity contribution is 9.10. The van der Waals surface area contributed by atoms with E-state index in [9.17, 15) is 0 Å². The molecule has 0 aliphatic carbocycles. The van der Waals surface area contributed by atoms with Crippen molar-refractivity contribution in [2.75, 3.05) is 0 Å². The van der Waals surface area contributed by atoms with Gasteiger partial charge in [0.2, 0.25) is 0 Å². The Morgan fingerprint density at radius 1 is 1.16 bits per heavy atom. The van der Waals surface area contributed by atoms with Crippen LogP contribution in [-0.2, 0) is 6.42 Å². The molecule has 3 nitrogen and oxygen atoms in total. The maximum absolute atomic E-state index is 8.55. The van der Waals surface area contributed by atoms with E-state index in [1.54, 1.807) is 6.07 Å². The maximum Gasteiger partial charge on any atom is 0.0428 e. The van der Waals surface area contributed by atoms with Crippen LogP contribution in [0.25, 0.3) is 10.4 Å². The zero-order valence-corrected chi connectivity index (χ0v) is 11.6. The van der Waals surface area contributed by atoms with E-state index in [1.165, 1.54) is 0 Å². The number of azide groups is 1. The van der Waals surface area contributed by atoms with Crippen LogP contribution in [0, 0.1) is 11.8 Å². The van der Waals surface area contributed by atoms with Gasteiger partial charge in [-0.15, -0.1) is 0 Å². The number of rotatable bonds is 2. The molecule has 0 saturated carbocycles. The molecule has 2 aromatic carbocycles. The van der Waals surface area contributed by atoms with E-state index in [0.29, 0.717) is 12.1 Å². The Hall–Kier alpha value is -2.21. The van der Waals surface area contributed by atoms with Gasteiger partial charge in [-0.1, -0.05) is 57.2 Å². The van der Waals surface area contributed by atoms with Crippen LogP contribution in [0.3, 0.4) is 0 Å². The van der Waals surface area contributed by atoms with Gasteiger partial charge >= 0.3 is 0 Å². The molecular formula is C15H10BrN3.